The first-order valence-electron chi connectivity index (χ1n) is 4.73. The molecule has 0 spiro atoms. The molecule has 0 saturated carbocycles. The van der Waals surface area contributed by atoms with Gasteiger partial charge in [0.1, 0.15) is 23.1 Å². The van der Waals surface area contributed by atoms with Gasteiger partial charge in [-0.05, 0) is 35.9 Å². The van der Waals surface area contributed by atoms with Crippen LogP contribution in [0.4, 0.5) is 4.39 Å². The van der Waals surface area contributed by atoms with Gasteiger partial charge in [0.05, 0.1) is 0 Å². The highest BCUT2D eigenvalue weighted by Gasteiger charge is 2.23. The van der Waals surface area contributed by atoms with Crippen LogP contribution in [0.5, 0.6) is 0 Å². The van der Waals surface area contributed by atoms with Gasteiger partial charge in [0.25, 0.3) is 0 Å². The van der Waals surface area contributed by atoms with Crippen LogP contribution in [0.2, 0.25) is 0 Å². The average molecular weight is 277 g/mol. The predicted molar refractivity (Wildman–Crippen MR) is 56.4 cm³/mol. The van der Waals surface area contributed by atoms with Crippen molar-refractivity contribution in [1.29, 1.82) is 0 Å². The molecular weight excluding hydrogens is 263 g/mol. The van der Waals surface area contributed by atoms with Crippen LogP contribution in [-0.2, 0) is 16.6 Å². The molecule has 1 saturated heterocycles. The van der Waals surface area contributed by atoms with E-state index in [-0.39, 0.29) is 22.8 Å². The summed E-state index contributed by atoms with van der Waals surface area (Å²) < 4.78 is 12.6. The van der Waals surface area contributed by atoms with Crippen molar-refractivity contribution in [3.05, 3.63) is 35.6 Å². The fourth-order valence-corrected chi connectivity index (χ4v) is 4.06. The molecule has 0 atom stereocenters. The fraction of sp³-hybridized carbons (Fsp3) is 0.455. The Labute approximate surface area is 98.0 Å². The molecule has 0 nitrogen and oxygen atoms in total. The summed E-state index contributed by atoms with van der Waals surface area (Å²) in [5.41, 5.74) is 1.30. The zero-order valence-electron chi connectivity index (χ0n) is 8.01. The Morgan fingerprint density at radius 3 is 2.21 bits per heavy atom. The molecule has 1 aromatic carbocycles. The van der Waals surface area contributed by atoms with Crippen molar-refractivity contribution in [2.45, 2.75) is 18.6 Å². The van der Waals surface area contributed by atoms with Gasteiger partial charge in [-0.3, -0.25) is 0 Å². The first-order valence-corrected chi connectivity index (χ1v) is 6.46. The van der Waals surface area contributed by atoms with Crippen LogP contribution in [0.3, 0.4) is 0 Å². The fourth-order valence-electron chi connectivity index (χ4n) is 1.68. The maximum absolute atomic E-state index is 12.6. The summed E-state index contributed by atoms with van der Waals surface area (Å²) in [7, 11) is 0.593. The smallest absolute Gasteiger partial charge is 0.133 e. The van der Waals surface area contributed by atoms with Crippen LogP contribution in [-0.4, -0.2) is 11.5 Å². The summed E-state index contributed by atoms with van der Waals surface area (Å²) in [5.74, 6) is 3.81. The molecule has 1 fully saturated rings. The molecule has 78 valence electrons. The van der Waals surface area contributed by atoms with Gasteiger partial charge in [-0.15, -0.1) is 0 Å². The Morgan fingerprint density at radius 1 is 1.07 bits per heavy atom. The molecule has 0 amide bonds. The van der Waals surface area contributed by atoms with Crippen LogP contribution in [0.15, 0.2) is 24.3 Å². The van der Waals surface area contributed by atoms with E-state index >= 15 is 0 Å². The average Bonchev–Trinajstić information content (AvgIpc) is 2.62. The molecule has 0 radical (unpaired) electrons. The topological polar surface area (TPSA) is 0 Å². The van der Waals surface area contributed by atoms with E-state index in [4.69, 9.17) is 0 Å². The van der Waals surface area contributed by atoms with Gasteiger partial charge in [-0.25, -0.2) is 4.39 Å². The second-order valence-electron chi connectivity index (χ2n) is 3.50. The standard InChI is InChI=1S/C11H14FS.BrH/c12-11-5-3-10(4-6-11)9-13-7-1-2-8-13;/h3-6H,1-2,7-9H2;1H/q+1;/p-1. The molecule has 0 aliphatic carbocycles. The first kappa shape index (κ1) is 12.1. The second-order valence-corrected chi connectivity index (χ2v) is 5.83. The minimum Gasteiger partial charge on any atom is -1.00 e. The normalized spacial score (nSPS) is 16.6. The van der Waals surface area contributed by atoms with Gasteiger partial charge >= 0.3 is 0 Å². The third kappa shape index (κ3) is 3.28. The first-order chi connectivity index (χ1) is 6.34. The molecule has 1 aliphatic heterocycles. The summed E-state index contributed by atoms with van der Waals surface area (Å²) >= 11 is 0. The molecule has 1 heterocycles. The molecule has 3 heteroatoms. The zero-order chi connectivity index (χ0) is 9.10. The van der Waals surface area contributed by atoms with E-state index in [1.807, 2.05) is 12.1 Å². The van der Waals surface area contributed by atoms with Gasteiger partial charge < -0.3 is 17.0 Å². The van der Waals surface area contributed by atoms with Crippen molar-refractivity contribution >= 4 is 10.9 Å². The molecule has 0 unspecified atom stereocenters. The Balaban J connectivity index is 0.000000980. The monoisotopic (exact) mass is 276 g/mol. The molecule has 2 rings (SSSR count). The number of hydrogen-bond acceptors (Lipinski definition) is 0. The Bertz CT molecular complexity index is 267. The summed E-state index contributed by atoms with van der Waals surface area (Å²) in [6.07, 6.45) is 2.79. The van der Waals surface area contributed by atoms with E-state index in [1.54, 1.807) is 12.1 Å². The molecule has 1 aliphatic rings. The number of hydrogen-bond donors (Lipinski definition) is 0. The Hall–Kier alpha value is -0.0200. The van der Waals surface area contributed by atoms with E-state index in [2.05, 4.69) is 0 Å². The van der Waals surface area contributed by atoms with Crippen molar-refractivity contribution in [2.75, 3.05) is 11.5 Å². The van der Waals surface area contributed by atoms with Crippen molar-refractivity contribution in [3.63, 3.8) is 0 Å². The van der Waals surface area contributed by atoms with E-state index in [0.29, 0.717) is 10.9 Å². The third-order valence-electron chi connectivity index (χ3n) is 2.40. The number of rotatable bonds is 2. The van der Waals surface area contributed by atoms with Gasteiger partial charge in [0, 0.05) is 5.56 Å². The number of benzene rings is 1. The summed E-state index contributed by atoms with van der Waals surface area (Å²) in [6.45, 7) is 0. The molecule has 14 heavy (non-hydrogen) atoms. The molecule has 0 N–H and O–H groups in total. The van der Waals surface area contributed by atoms with Gasteiger partial charge in [0.2, 0.25) is 0 Å². The lowest BCUT2D eigenvalue weighted by atomic mass is 10.2. The third-order valence-corrected chi connectivity index (χ3v) is 4.87. The van der Waals surface area contributed by atoms with Crippen LogP contribution < -0.4 is 17.0 Å². The summed E-state index contributed by atoms with van der Waals surface area (Å²) in [5, 5.41) is 0. The molecular formula is C11H14BrFS. The van der Waals surface area contributed by atoms with Crippen LogP contribution in [0.25, 0.3) is 0 Å². The van der Waals surface area contributed by atoms with Crippen LogP contribution in [0.1, 0.15) is 18.4 Å². The SMILES string of the molecule is Fc1ccc(C[S+]2CCCC2)cc1.[Br-]. The lowest BCUT2D eigenvalue weighted by molar-refractivity contribution is -0.00000330. The maximum Gasteiger partial charge on any atom is 0.133 e. The summed E-state index contributed by atoms with van der Waals surface area (Å²) in [4.78, 5) is 0. The minimum atomic E-state index is -0.126. The maximum atomic E-state index is 12.6. The Kier molecular flexibility index (Phi) is 4.96. The highest BCUT2D eigenvalue weighted by Crippen LogP contribution is 2.18. The lowest BCUT2D eigenvalue weighted by Gasteiger charge is -2.00. The van der Waals surface area contributed by atoms with Crippen LogP contribution in [0, 0.1) is 5.82 Å². The minimum absolute atomic E-state index is 0. The van der Waals surface area contributed by atoms with E-state index < -0.39 is 0 Å². The van der Waals surface area contributed by atoms with Crippen molar-refractivity contribution < 1.29 is 21.4 Å². The van der Waals surface area contributed by atoms with E-state index in [9.17, 15) is 4.39 Å². The summed E-state index contributed by atoms with van der Waals surface area (Å²) in [6, 6.07) is 6.96. The highest BCUT2D eigenvalue weighted by atomic mass is 79.9. The van der Waals surface area contributed by atoms with Gasteiger partial charge in [-0.2, -0.15) is 0 Å². The highest BCUT2D eigenvalue weighted by molar-refractivity contribution is 7.96. The van der Waals surface area contributed by atoms with Gasteiger partial charge in [-0.1, -0.05) is 12.1 Å². The van der Waals surface area contributed by atoms with E-state index in [0.717, 1.165) is 0 Å². The quantitative estimate of drug-likeness (QED) is 0.654. The zero-order valence-corrected chi connectivity index (χ0v) is 10.4. The van der Waals surface area contributed by atoms with Crippen molar-refractivity contribution in [3.8, 4) is 0 Å². The Morgan fingerprint density at radius 2 is 1.64 bits per heavy atom. The van der Waals surface area contributed by atoms with Crippen LogP contribution >= 0.6 is 0 Å². The molecule has 0 aromatic heterocycles. The lowest BCUT2D eigenvalue weighted by Crippen LogP contribution is -3.00. The van der Waals surface area contributed by atoms with E-state index in [1.165, 1.54) is 35.7 Å². The predicted octanol–water partition coefficient (Wildman–Crippen LogP) is -0.258. The van der Waals surface area contributed by atoms with Crippen molar-refractivity contribution in [1.82, 2.24) is 0 Å². The molecule has 0 bridgehead atoms. The molecule has 1 aromatic rings. The number of halogens is 2. The second kappa shape index (κ2) is 5.76. The van der Waals surface area contributed by atoms with Gasteiger partial charge in [0.15, 0.2) is 0 Å². The van der Waals surface area contributed by atoms with Crippen molar-refractivity contribution in [2.24, 2.45) is 0 Å². The largest absolute Gasteiger partial charge is 1.00 e.